The van der Waals surface area contributed by atoms with Crippen molar-refractivity contribution >= 4 is 0 Å². The maximum atomic E-state index is 8.99. The van der Waals surface area contributed by atoms with Gasteiger partial charge in [0, 0.05) is 6.04 Å². The fraction of sp³-hybridized carbons (Fsp3) is 0.533. The first kappa shape index (κ1) is 11.7. The number of nitriles is 1. The first-order valence-corrected chi connectivity index (χ1v) is 6.62. The van der Waals surface area contributed by atoms with Crippen LogP contribution in [0.25, 0.3) is 0 Å². The summed E-state index contributed by atoms with van der Waals surface area (Å²) in [7, 11) is 2.17. The first-order chi connectivity index (χ1) is 8.64. The van der Waals surface area contributed by atoms with Gasteiger partial charge in [-0.25, -0.2) is 0 Å². The molecule has 2 N–H and O–H groups in total. The lowest BCUT2D eigenvalue weighted by Crippen LogP contribution is -2.42. The molecule has 3 nitrogen and oxygen atoms in total. The lowest BCUT2D eigenvalue weighted by molar-refractivity contribution is 0.106. The van der Waals surface area contributed by atoms with Crippen LogP contribution in [0.15, 0.2) is 18.2 Å². The van der Waals surface area contributed by atoms with E-state index in [1.165, 1.54) is 24.0 Å². The van der Waals surface area contributed by atoms with E-state index in [0.29, 0.717) is 0 Å². The molecule has 3 rings (SSSR count). The minimum atomic E-state index is 0.106. The number of likely N-dealkylation sites (tertiary alicyclic amines) is 1. The molecule has 0 amide bonds. The molecule has 0 unspecified atom stereocenters. The zero-order chi connectivity index (χ0) is 12.8. The maximum absolute atomic E-state index is 8.99. The number of nitrogens with zero attached hydrogens (tertiary/aromatic N) is 2. The van der Waals surface area contributed by atoms with Crippen molar-refractivity contribution in [2.45, 2.75) is 25.3 Å². The summed E-state index contributed by atoms with van der Waals surface area (Å²) in [5.41, 5.74) is 10.0. The Kier molecular flexibility index (Phi) is 2.65. The lowest BCUT2D eigenvalue weighted by atomic mass is 9.73. The van der Waals surface area contributed by atoms with Crippen molar-refractivity contribution in [2.24, 2.45) is 11.1 Å². The molecule has 1 saturated heterocycles. The monoisotopic (exact) mass is 241 g/mol. The topological polar surface area (TPSA) is 53.0 Å². The number of hydrogen-bond donors (Lipinski definition) is 1. The minimum absolute atomic E-state index is 0.106. The molecular weight excluding hydrogens is 222 g/mol. The molecular formula is C15H19N3. The van der Waals surface area contributed by atoms with Gasteiger partial charge in [0.25, 0.3) is 0 Å². The minimum Gasteiger partial charge on any atom is -0.323 e. The molecule has 18 heavy (non-hydrogen) atoms. The maximum Gasteiger partial charge on any atom is 0.0991 e. The second kappa shape index (κ2) is 4.08. The smallest absolute Gasteiger partial charge is 0.0991 e. The van der Waals surface area contributed by atoms with Crippen molar-refractivity contribution in [1.82, 2.24) is 4.90 Å². The van der Waals surface area contributed by atoms with Gasteiger partial charge in [-0.2, -0.15) is 5.26 Å². The van der Waals surface area contributed by atoms with E-state index in [0.717, 1.165) is 25.1 Å². The van der Waals surface area contributed by atoms with E-state index in [2.05, 4.69) is 24.1 Å². The van der Waals surface area contributed by atoms with Crippen LogP contribution in [0.3, 0.4) is 0 Å². The highest BCUT2D eigenvalue weighted by Crippen LogP contribution is 2.50. The van der Waals surface area contributed by atoms with Crippen molar-refractivity contribution in [1.29, 1.82) is 5.26 Å². The third-order valence-electron chi connectivity index (χ3n) is 4.80. The molecule has 94 valence electrons. The highest BCUT2D eigenvalue weighted by Gasteiger charge is 2.45. The summed E-state index contributed by atoms with van der Waals surface area (Å²) in [6, 6.07) is 8.33. The third kappa shape index (κ3) is 1.65. The average Bonchev–Trinajstić information content (AvgIpc) is 2.66. The molecule has 1 aromatic rings. The van der Waals surface area contributed by atoms with Crippen LogP contribution in [-0.2, 0) is 6.42 Å². The van der Waals surface area contributed by atoms with Gasteiger partial charge in [-0.15, -0.1) is 0 Å². The van der Waals surface area contributed by atoms with Gasteiger partial charge in [0.2, 0.25) is 0 Å². The number of nitrogens with two attached hydrogens (primary N) is 1. The standard InChI is InChI=1S/C15H19N3/c1-18-6-4-15(5-7-18)9-12-3-2-11(10-16)8-13(12)14(15)17/h2-3,8,14H,4-7,9,17H2,1H3/t14-/m1/s1. The first-order valence-electron chi connectivity index (χ1n) is 6.62. The molecule has 1 aliphatic carbocycles. The highest BCUT2D eigenvalue weighted by molar-refractivity contribution is 5.44. The van der Waals surface area contributed by atoms with Crippen LogP contribution in [0.5, 0.6) is 0 Å². The number of piperidine rings is 1. The Morgan fingerprint density at radius 2 is 2.11 bits per heavy atom. The molecule has 3 heteroatoms. The Labute approximate surface area is 108 Å². The van der Waals surface area contributed by atoms with Crippen molar-refractivity contribution in [2.75, 3.05) is 20.1 Å². The van der Waals surface area contributed by atoms with E-state index in [4.69, 9.17) is 11.0 Å². The lowest BCUT2D eigenvalue weighted by Gasteiger charge is -2.41. The molecule has 0 aromatic heterocycles. The SMILES string of the molecule is CN1CCC2(CC1)Cc1ccc(C#N)cc1[C@H]2N. The van der Waals surface area contributed by atoms with E-state index in [1.807, 2.05) is 12.1 Å². The fourth-order valence-corrected chi connectivity index (χ4v) is 3.49. The summed E-state index contributed by atoms with van der Waals surface area (Å²) in [6.07, 6.45) is 3.42. The van der Waals surface area contributed by atoms with Crippen molar-refractivity contribution in [3.8, 4) is 6.07 Å². The molecule has 0 bridgehead atoms. The summed E-state index contributed by atoms with van der Waals surface area (Å²) in [6.45, 7) is 2.26. The van der Waals surface area contributed by atoms with Crippen molar-refractivity contribution in [3.63, 3.8) is 0 Å². The third-order valence-corrected chi connectivity index (χ3v) is 4.80. The van der Waals surface area contributed by atoms with Crippen LogP contribution in [0.1, 0.15) is 35.6 Å². The predicted molar refractivity (Wildman–Crippen MR) is 71.0 cm³/mol. The van der Waals surface area contributed by atoms with Crippen molar-refractivity contribution in [3.05, 3.63) is 34.9 Å². The van der Waals surface area contributed by atoms with Gasteiger partial charge in [-0.1, -0.05) is 6.07 Å². The Hall–Kier alpha value is -1.37. The van der Waals surface area contributed by atoms with Gasteiger partial charge in [0.05, 0.1) is 11.6 Å². The van der Waals surface area contributed by atoms with E-state index in [1.54, 1.807) is 0 Å². The number of rotatable bonds is 0. The van der Waals surface area contributed by atoms with E-state index >= 15 is 0 Å². The highest BCUT2D eigenvalue weighted by atomic mass is 15.1. The van der Waals surface area contributed by atoms with Gasteiger partial charge in [-0.05, 0) is 68.1 Å². The van der Waals surface area contributed by atoms with Crippen LogP contribution in [-0.4, -0.2) is 25.0 Å². The van der Waals surface area contributed by atoms with Gasteiger partial charge in [-0.3, -0.25) is 0 Å². The van der Waals surface area contributed by atoms with Crippen LogP contribution >= 0.6 is 0 Å². The Morgan fingerprint density at radius 3 is 2.78 bits per heavy atom. The van der Waals surface area contributed by atoms with Crippen LogP contribution in [0, 0.1) is 16.7 Å². The largest absolute Gasteiger partial charge is 0.323 e. The number of hydrogen-bond acceptors (Lipinski definition) is 3. The Morgan fingerprint density at radius 1 is 1.39 bits per heavy atom. The van der Waals surface area contributed by atoms with Crippen LogP contribution < -0.4 is 5.73 Å². The number of benzene rings is 1. The summed E-state index contributed by atoms with van der Waals surface area (Å²) in [5.74, 6) is 0. The molecule has 2 aliphatic rings. The second-order valence-corrected chi connectivity index (χ2v) is 5.85. The molecule has 1 heterocycles. The summed E-state index contributed by atoms with van der Waals surface area (Å²) < 4.78 is 0. The van der Waals surface area contributed by atoms with Crippen LogP contribution in [0.2, 0.25) is 0 Å². The Bertz CT molecular complexity index is 507. The van der Waals surface area contributed by atoms with E-state index in [9.17, 15) is 0 Å². The molecule has 0 saturated carbocycles. The number of fused-ring (bicyclic) bond motifs is 1. The summed E-state index contributed by atoms with van der Waals surface area (Å²) >= 11 is 0. The molecule has 1 atom stereocenters. The molecule has 1 fully saturated rings. The molecule has 1 spiro atoms. The summed E-state index contributed by atoms with van der Waals surface area (Å²) in [4.78, 5) is 2.38. The molecule has 1 aliphatic heterocycles. The zero-order valence-corrected chi connectivity index (χ0v) is 10.8. The van der Waals surface area contributed by atoms with Crippen molar-refractivity contribution < 1.29 is 0 Å². The zero-order valence-electron chi connectivity index (χ0n) is 10.8. The normalized spacial score (nSPS) is 25.9. The van der Waals surface area contributed by atoms with Gasteiger partial charge in [0.1, 0.15) is 0 Å². The Balaban J connectivity index is 1.94. The van der Waals surface area contributed by atoms with Crippen LogP contribution in [0.4, 0.5) is 0 Å². The van der Waals surface area contributed by atoms with Gasteiger partial charge >= 0.3 is 0 Å². The summed E-state index contributed by atoms with van der Waals surface area (Å²) in [5, 5.41) is 8.99. The van der Waals surface area contributed by atoms with Gasteiger partial charge in [0.15, 0.2) is 0 Å². The molecule has 1 aromatic carbocycles. The average molecular weight is 241 g/mol. The van der Waals surface area contributed by atoms with E-state index < -0.39 is 0 Å². The van der Waals surface area contributed by atoms with E-state index in [-0.39, 0.29) is 11.5 Å². The fourth-order valence-electron chi connectivity index (χ4n) is 3.49. The van der Waals surface area contributed by atoms with Gasteiger partial charge < -0.3 is 10.6 Å². The molecule has 0 radical (unpaired) electrons. The second-order valence-electron chi connectivity index (χ2n) is 5.85. The quantitative estimate of drug-likeness (QED) is 0.754. The predicted octanol–water partition coefficient (Wildman–Crippen LogP) is 1.83.